The molecule has 1 unspecified atom stereocenters. The van der Waals surface area contributed by atoms with Crippen LogP contribution in [0, 0.1) is 17.3 Å². The lowest BCUT2D eigenvalue weighted by molar-refractivity contribution is 0.0407. The Labute approximate surface area is 145 Å². The van der Waals surface area contributed by atoms with Gasteiger partial charge in [-0.1, -0.05) is 77.1 Å². The second kappa shape index (κ2) is 6.60. The van der Waals surface area contributed by atoms with Gasteiger partial charge >= 0.3 is 0 Å². The first kappa shape index (κ1) is 15.8. The van der Waals surface area contributed by atoms with E-state index in [4.69, 9.17) is 4.84 Å². The molecule has 1 aliphatic rings. The Bertz CT molecular complexity index is 767. The topological polar surface area (TPSA) is 21.6 Å². The van der Waals surface area contributed by atoms with Gasteiger partial charge in [0.25, 0.3) is 0 Å². The van der Waals surface area contributed by atoms with Gasteiger partial charge < -0.3 is 4.84 Å². The first-order valence-corrected chi connectivity index (χ1v) is 8.41. The summed E-state index contributed by atoms with van der Waals surface area (Å²) in [5.74, 6) is 6.42. The number of rotatable bonds is 2. The Morgan fingerprint density at radius 1 is 1.09 bits per heavy atom. The highest BCUT2D eigenvalue weighted by atomic mass is 79.9. The van der Waals surface area contributed by atoms with Gasteiger partial charge in [0, 0.05) is 10.0 Å². The van der Waals surface area contributed by atoms with E-state index < -0.39 is 0 Å². The van der Waals surface area contributed by atoms with Crippen LogP contribution in [-0.2, 0) is 4.84 Å². The maximum Gasteiger partial charge on any atom is 0.149 e. The van der Waals surface area contributed by atoms with Crippen molar-refractivity contribution in [3.63, 3.8) is 0 Å². The molecule has 1 heterocycles. The summed E-state index contributed by atoms with van der Waals surface area (Å²) >= 11 is 3.43. The Morgan fingerprint density at radius 3 is 2.48 bits per heavy atom. The van der Waals surface area contributed by atoms with Crippen molar-refractivity contribution in [2.45, 2.75) is 26.4 Å². The maximum atomic E-state index is 5.67. The third-order valence-corrected chi connectivity index (χ3v) is 4.63. The third kappa shape index (κ3) is 3.48. The summed E-state index contributed by atoms with van der Waals surface area (Å²) < 4.78 is 1.06. The van der Waals surface area contributed by atoms with E-state index in [0.717, 1.165) is 21.3 Å². The Hall–Kier alpha value is -2.05. The first-order valence-electron chi connectivity index (χ1n) is 7.61. The molecule has 1 aliphatic heterocycles. The predicted octanol–water partition coefficient (Wildman–Crippen LogP) is 5.02. The van der Waals surface area contributed by atoms with Gasteiger partial charge in [-0.3, -0.25) is 0 Å². The van der Waals surface area contributed by atoms with Gasteiger partial charge in [-0.2, -0.15) is 0 Å². The molecule has 2 nitrogen and oxygen atoms in total. The normalized spacial score (nSPS) is 18.6. The van der Waals surface area contributed by atoms with Crippen molar-refractivity contribution in [3.8, 4) is 11.8 Å². The summed E-state index contributed by atoms with van der Waals surface area (Å²) in [5, 5.41) is 4.32. The fourth-order valence-corrected chi connectivity index (χ4v) is 2.87. The van der Waals surface area contributed by atoms with E-state index in [1.54, 1.807) is 0 Å². The van der Waals surface area contributed by atoms with Gasteiger partial charge in [0.05, 0.1) is 17.5 Å². The van der Waals surface area contributed by atoms with Crippen molar-refractivity contribution in [3.05, 3.63) is 70.2 Å². The molecule has 0 amide bonds. The molecule has 2 aromatic rings. The largest absolute Gasteiger partial charge is 0.390 e. The highest BCUT2D eigenvalue weighted by Gasteiger charge is 2.42. The van der Waals surface area contributed by atoms with Gasteiger partial charge in [-0.15, -0.1) is 0 Å². The van der Waals surface area contributed by atoms with Crippen LogP contribution >= 0.6 is 15.9 Å². The quantitative estimate of drug-likeness (QED) is 0.682. The number of oxime groups is 1. The lowest BCUT2D eigenvalue weighted by Crippen LogP contribution is -2.33. The van der Waals surface area contributed by atoms with Crippen molar-refractivity contribution < 1.29 is 4.84 Å². The molecule has 0 spiro atoms. The molecule has 0 aromatic heterocycles. The predicted molar refractivity (Wildman–Crippen MR) is 97.3 cm³/mol. The van der Waals surface area contributed by atoms with E-state index in [2.05, 4.69) is 58.9 Å². The van der Waals surface area contributed by atoms with Crippen LogP contribution in [0.1, 0.15) is 31.4 Å². The highest BCUT2D eigenvalue weighted by Crippen LogP contribution is 2.36. The number of hydrogen-bond acceptors (Lipinski definition) is 2. The molecule has 0 bridgehead atoms. The van der Waals surface area contributed by atoms with Crippen molar-refractivity contribution in [2.24, 2.45) is 10.6 Å². The molecule has 0 fully saturated rings. The molecule has 3 rings (SSSR count). The van der Waals surface area contributed by atoms with Crippen molar-refractivity contribution >= 4 is 21.6 Å². The molecule has 23 heavy (non-hydrogen) atoms. The lowest BCUT2D eigenvalue weighted by atomic mass is 9.78. The minimum atomic E-state index is -0.157. The third-order valence-electron chi connectivity index (χ3n) is 4.10. The summed E-state index contributed by atoms with van der Waals surface area (Å²) in [6, 6.07) is 18.2. The summed E-state index contributed by atoms with van der Waals surface area (Å²) in [5.41, 5.74) is 2.96. The standard InChI is InChI=1S/C20H18BrNO/c1-20(2)18(10-6-7-15-11-13-17(21)14-12-15)23-22-19(20)16-8-4-3-5-9-16/h3-5,8-9,11-14,18H,10H2,1-2H3. The lowest BCUT2D eigenvalue weighted by Gasteiger charge is -2.24. The van der Waals surface area contributed by atoms with Crippen LogP contribution < -0.4 is 0 Å². The van der Waals surface area contributed by atoms with Crippen LogP contribution in [-0.4, -0.2) is 11.8 Å². The van der Waals surface area contributed by atoms with Crippen LogP contribution in [0.2, 0.25) is 0 Å². The number of hydrogen-bond donors (Lipinski definition) is 0. The molecule has 3 heteroatoms. The first-order chi connectivity index (χ1) is 11.1. The summed E-state index contributed by atoms with van der Waals surface area (Å²) in [6.07, 6.45) is 0.628. The summed E-state index contributed by atoms with van der Waals surface area (Å²) in [7, 11) is 0. The Balaban J connectivity index is 1.71. The van der Waals surface area contributed by atoms with Gasteiger partial charge in [0.2, 0.25) is 0 Å². The zero-order valence-corrected chi connectivity index (χ0v) is 14.8. The molecule has 2 aromatic carbocycles. The fraction of sp³-hybridized carbons (Fsp3) is 0.250. The monoisotopic (exact) mass is 367 g/mol. The van der Waals surface area contributed by atoms with Gasteiger partial charge in [-0.05, 0) is 29.8 Å². The maximum absolute atomic E-state index is 5.67. The number of halogens is 1. The van der Waals surface area contributed by atoms with Crippen molar-refractivity contribution in [2.75, 3.05) is 0 Å². The van der Waals surface area contributed by atoms with E-state index in [1.807, 2.05) is 42.5 Å². The SMILES string of the molecule is CC1(C)C(c2ccccc2)=NOC1CC#Cc1ccc(Br)cc1. The highest BCUT2D eigenvalue weighted by molar-refractivity contribution is 9.10. The smallest absolute Gasteiger partial charge is 0.149 e. The minimum Gasteiger partial charge on any atom is -0.390 e. The molecule has 1 atom stereocenters. The van der Waals surface area contributed by atoms with E-state index in [9.17, 15) is 0 Å². The summed E-state index contributed by atoms with van der Waals surface area (Å²) in [6.45, 7) is 4.33. The van der Waals surface area contributed by atoms with E-state index in [1.165, 1.54) is 0 Å². The Morgan fingerprint density at radius 2 is 1.78 bits per heavy atom. The minimum absolute atomic E-state index is 0.0272. The van der Waals surface area contributed by atoms with E-state index in [-0.39, 0.29) is 11.5 Å². The van der Waals surface area contributed by atoms with Crippen LogP contribution in [0.3, 0.4) is 0 Å². The number of nitrogens with zero attached hydrogens (tertiary/aromatic N) is 1. The van der Waals surface area contributed by atoms with Gasteiger partial charge in [0.1, 0.15) is 6.10 Å². The van der Waals surface area contributed by atoms with E-state index in [0.29, 0.717) is 6.42 Å². The Kier molecular flexibility index (Phi) is 4.54. The zero-order valence-electron chi connectivity index (χ0n) is 13.2. The van der Waals surface area contributed by atoms with Crippen LogP contribution in [0.25, 0.3) is 0 Å². The zero-order chi connectivity index (χ0) is 16.3. The summed E-state index contributed by atoms with van der Waals surface area (Å²) in [4.78, 5) is 5.67. The van der Waals surface area contributed by atoms with Crippen LogP contribution in [0.4, 0.5) is 0 Å². The molecular formula is C20H18BrNO. The second-order valence-corrected chi connectivity index (χ2v) is 7.05. The van der Waals surface area contributed by atoms with Gasteiger partial charge in [0.15, 0.2) is 0 Å². The average molecular weight is 368 g/mol. The molecular weight excluding hydrogens is 350 g/mol. The van der Waals surface area contributed by atoms with Crippen LogP contribution in [0.5, 0.6) is 0 Å². The van der Waals surface area contributed by atoms with Crippen LogP contribution in [0.15, 0.2) is 64.2 Å². The molecule has 0 aliphatic carbocycles. The average Bonchev–Trinajstić information content (AvgIpc) is 2.85. The molecule has 116 valence electrons. The van der Waals surface area contributed by atoms with Crippen molar-refractivity contribution in [1.82, 2.24) is 0 Å². The van der Waals surface area contributed by atoms with Gasteiger partial charge in [-0.25, -0.2) is 0 Å². The molecule has 0 radical (unpaired) electrons. The second-order valence-electron chi connectivity index (χ2n) is 6.13. The van der Waals surface area contributed by atoms with Crippen molar-refractivity contribution in [1.29, 1.82) is 0 Å². The molecule has 0 N–H and O–H groups in total. The number of benzene rings is 2. The molecule has 0 saturated heterocycles. The fourth-order valence-electron chi connectivity index (χ4n) is 2.61. The molecule has 0 saturated carbocycles. The van der Waals surface area contributed by atoms with E-state index >= 15 is 0 Å².